The Labute approximate surface area is 143 Å². The standard InChI is InChI=1S/C19H27NO4/c1-18(2,3)24-17(22)20-11-13(12-21)9-14-7-6-8-15-10-19(4,5)23-16(14)15/h6-8,12-13H,9-11H2,1-5H3,(H,20,22)/t13-/m1/s1. The number of benzene rings is 1. The van der Waals surface area contributed by atoms with Gasteiger partial charge in [-0.15, -0.1) is 0 Å². The molecule has 0 bridgehead atoms. The maximum Gasteiger partial charge on any atom is 0.407 e. The first-order valence-electron chi connectivity index (χ1n) is 8.31. The van der Waals surface area contributed by atoms with E-state index in [2.05, 4.69) is 25.2 Å². The van der Waals surface area contributed by atoms with Crippen LogP contribution in [0.1, 0.15) is 45.7 Å². The van der Waals surface area contributed by atoms with Crippen molar-refractivity contribution >= 4 is 12.4 Å². The Morgan fingerprint density at radius 2 is 2.12 bits per heavy atom. The normalized spacial score (nSPS) is 16.7. The summed E-state index contributed by atoms with van der Waals surface area (Å²) in [6, 6.07) is 6.02. The van der Waals surface area contributed by atoms with Gasteiger partial charge in [0.2, 0.25) is 0 Å². The van der Waals surface area contributed by atoms with Gasteiger partial charge in [-0.2, -0.15) is 0 Å². The van der Waals surface area contributed by atoms with Crippen LogP contribution in [0.15, 0.2) is 18.2 Å². The number of para-hydroxylation sites is 1. The van der Waals surface area contributed by atoms with Crippen molar-refractivity contribution in [1.29, 1.82) is 0 Å². The zero-order valence-corrected chi connectivity index (χ0v) is 15.1. The van der Waals surface area contributed by atoms with E-state index in [4.69, 9.17) is 9.47 Å². The molecular formula is C19H27NO4. The fourth-order valence-electron chi connectivity index (χ4n) is 2.82. The summed E-state index contributed by atoms with van der Waals surface area (Å²) < 4.78 is 11.2. The molecule has 0 aromatic heterocycles. The molecule has 5 nitrogen and oxygen atoms in total. The molecular weight excluding hydrogens is 306 g/mol. The van der Waals surface area contributed by atoms with Gasteiger partial charge >= 0.3 is 6.09 Å². The maximum absolute atomic E-state index is 11.7. The molecule has 1 aromatic rings. The highest BCUT2D eigenvalue weighted by Gasteiger charge is 2.32. The maximum atomic E-state index is 11.7. The van der Waals surface area contributed by atoms with Gasteiger partial charge in [0, 0.05) is 18.9 Å². The van der Waals surface area contributed by atoms with Crippen molar-refractivity contribution in [2.45, 2.75) is 58.7 Å². The molecule has 1 aliphatic heterocycles. The van der Waals surface area contributed by atoms with Crippen molar-refractivity contribution in [3.05, 3.63) is 29.3 Å². The van der Waals surface area contributed by atoms with Gasteiger partial charge in [-0.05, 0) is 52.2 Å². The third kappa shape index (κ3) is 4.98. The quantitative estimate of drug-likeness (QED) is 0.840. The van der Waals surface area contributed by atoms with Crippen LogP contribution in [0.3, 0.4) is 0 Å². The molecule has 0 spiro atoms. The van der Waals surface area contributed by atoms with Gasteiger partial charge in [0.1, 0.15) is 23.2 Å². The van der Waals surface area contributed by atoms with Crippen molar-refractivity contribution < 1.29 is 19.1 Å². The van der Waals surface area contributed by atoms with E-state index in [0.29, 0.717) is 6.42 Å². The molecule has 1 aliphatic rings. The zero-order valence-electron chi connectivity index (χ0n) is 15.1. The number of nitrogens with one attached hydrogen (secondary N) is 1. The van der Waals surface area contributed by atoms with Gasteiger partial charge in [-0.3, -0.25) is 0 Å². The first-order chi connectivity index (χ1) is 11.1. The molecule has 0 unspecified atom stereocenters. The predicted molar refractivity (Wildman–Crippen MR) is 92.3 cm³/mol. The lowest BCUT2D eigenvalue weighted by molar-refractivity contribution is -0.110. The summed E-state index contributed by atoms with van der Waals surface area (Å²) >= 11 is 0. The summed E-state index contributed by atoms with van der Waals surface area (Å²) in [6.07, 6.45) is 1.75. The van der Waals surface area contributed by atoms with Crippen molar-refractivity contribution in [1.82, 2.24) is 5.32 Å². The number of fused-ring (bicyclic) bond motifs is 1. The molecule has 0 fully saturated rings. The number of ether oxygens (including phenoxy) is 2. The second kappa shape index (κ2) is 6.83. The summed E-state index contributed by atoms with van der Waals surface area (Å²) in [5.74, 6) is 0.558. The molecule has 2 rings (SSSR count). The van der Waals surface area contributed by atoms with Crippen LogP contribution >= 0.6 is 0 Å². The highest BCUT2D eigenvalue weighted by atomic mass is 16.6. The average Bonchev–Trinajstić information content (AvgIpc) is 2.76. The molecule has 1 aromatic carbocycles. The predicted octanol–water partition coefficient (Wildman–Crippen LogP) is 3.28. The largest absolute Gasteiger partial charge is 0.487 e. The lowest BCUT2D eigenvalue weighted by Gasteiger charge is -2.21. The number of alkyl carbamates (subject to hydrolysis) is 1. The van der Waals surface area contributed by atoms with E-state index in [1.54, 1.807) is 20.8 Å². The van der Waals surface area contributed by atoms with Gasteiger partial charge in [0.15, 0.2) is 0 Å². The molecule has 0 saturated heterocycles. The number of amides is 1. The second-order valence-electron chi connectivity index (χ2n) is 7.93. The van der Waals surface area contributed by atoms with Crippen molar-refractivity contribution in [2.24, 2.45) is 5.92 Å². The number of rotatable bonds is 5. The minimum atomic E-state index is -0.555. The van der Waals surface area contributed by atoms with Crippen molar-refractivity contribution in [3.63, 3.8) is 0 Å². The summed E-state index contributed by atoms with van der Waals surface area (Å²) in [6.45, 7) is 9.75. The molecule has 1 atom stereocenters. The van der Waals surface area contributed by atoms with Crippen LogP contribution in [0.2, 0.25) is 0 Å². The van der Waals surface area contributed by atoms with Crippen LogP contribution in [0.4, 0.5) is 4.79 Å². The molecule has 0 saturated carbocycles. The zero-order chi connectivity index (χ0) is 18.0. The Kier molecular flexibility index (Phi) is 5.21. The molecule has 1 heterocycles. The van der Waals surface area contributed by atoms with Crippen molar-refractivity contribution in [2.75, 3.05) is 6.54 Å². The van der Waals surface area contributed by atoms with E-state index in [-0.39, 0.29) is 18.1 Å². The minimum absolute atomic E-state index is 0.218. The Morgan fingerprint density at radius 1 is 1.42 bits per heavy atom. The molecule has 0 radical (unpaired) electrons. The lowest BCUT2D eigenvalue weighted by Crippen LogP contribution is -2.36. The summed E-state index contributed by atoms with van der Waals surface area (Å²) in [7, 11) is 0. The van der Waals surface area contributed by atoms with Crippen LogP contribution in [0.25, 0.3) is 0 Å². The number of carbonyl (C=O) groups excluding carboxylic acids is 2. The molecule has 0 aliphatic carbocycles. The summed E-state index contributed by atoms with van der Waals surface area (Å²) in [4.78, 5) is 23.1. The number of carbonyl (C=O) groups is 2. The third-order valence-electron chi connectivity index (χ3n) is 3.75. The Balaban J connectivity index is 1.99. The van der Waals surface area contributed by atoms with E-state index in [0.717, 1.165) is 24.0 Å². The average molecular weight is 333 g/mol. The van der Waals surface area contributed by atoms with Gasteiger partial charge in [0.25, 0.3) is 0 Å². The van der Waals surface area contributed by atoms with E-state index >= 15 is 0 Å². The van der Waals surface area contributed by atoms with E-state index in [1.807, 2.05) is 12.1 Å². The van der Waals surface area contributed by atoms with E-state index in [1.165, 1.54) is 5.56 Å². The fourth-order valence-corrected chi connectivity index (χ4v) is 2.82. The van der Waals surface area contributed by atoms with Crippen LogP contribution in [0, 0.1) is 5.92 Å². The SMILES string of the molecule is CC(C)(C)OC(=O)NC[C@H](C=O)Cc1cccc2c1OC(C)(C)C2. The van der Waals surface area contributed by atoms with Crippen molar-refractivity contribution in [3.8, 4) is 5.75 Å². The summed E-state index contributed by atoms with van der Waals surface area (Å²) in [5, 5.41) is 2.66. The highest BCUT2D eigenvalue weighted by molar-refractivity contribution is 5.68. The molecule has 5 heteroatoms. The first-order valence-corrected chi connectivity index (χ1v) is 8.31. The van der Waals surface area contributed by atoms with E-state index < -0.39 is 11.7 Å². The number of hydrogen-bond acceptors (Lipinski definition) is 4. The van der Waals surface area contributed by atoms with Gasteiger partial charge in [-0.1, -0.05) is 18.2 Å². The van der Waals surface area contributed by atoms with Crippen LogP contribution in [-0.2, 0) is 22.4 Å². The molecule has 1 amide bonds. The third-order valence-corrected chi connectivity index (χ3v) is 3.75. The van der Waals surface area contributed by atoms with Crippen LogP contribution in [-0.4, -0.2) is 30.1 Å². The summed E-state index contributed by atoms with van der Waals surface area (Å²) in [5.41, 5.74) is 1.40. The second-order valence-corrected chi connectivity index (χ2v) is 7.93. The first kappa shape index (κ1) is 18.3. The molecule has 132 valence electrons. The topological polar surface area (TPSA) is 64.6 Å². The number of hydrogen-bond donors (Lipinski definition) is 1. The lowest BCUT2D eigenvalue weighted by atomic mass is 9.96. The smallest absolute Gasteiger partial charge is 0.407 e. The van der Waals surface area contributed by atoms with Gasteiger partial charge < -0.3 is 19.6 Å². The fraction of sp³-hybridized carbons (Fsp3) is 0.579. The Morgan fingerprint density at radius 3 is 2.75 bits per heavy atom. The molecule has 1 N–H and O–H groups in total. The highest BCUT2D eigenvalue weighted by Crippen LogP contribution is 2.38. The number of aldehydes is 1. The van der Waals surface area contributed by atoms with Crippen LogP contribution in [0.5, 0.6) is 5.75 Å². The van der Waals surface area contributed by atoms with Gasteiger partial charge in [0.05, 0.1) is 0 Å². The minimum Gasteiger partial charge on any atom is -0.487 e. The van der Waals surface area contributed by atoms with Gasteiger partial charge in [-0.25, -0.2) is 4.79 Å². The molecule has 24 heavy (non-hydrogen) atoms. The Bertz CT molecular complexity index is 616. The monoisotopic (exact) mass is 333 g/mol. The van der Waals surface area contributed by atoms with E-state index in [9.17, 15) is 9.59 Å². The Hall–Kier alpha value is -2.04. The van der Waals surface area contributed by atoms with Crippen LogP contribution < -0.4 is 10.1 Å².